The molecule has 13 heteroatoms. The first kappa shape index (κ1) is 24.9. The number of halogens is 6. The molecular weight excluding hydrogens is 471 g/mol. The maximum atomic E-state index is 15.0. The van der Waals surface area contributed by atoms with E-state index in [1.165, 1.54) is 0 Å². The zero-order chi connectivity index (χ0) is 24.3. The van der Waals surface area contributed by atoms with Gasteiger partial charge in [-0.1, -0.05) is 11.6 Å². The van der Waals surface area contributed by atoms with Crippen molar-refractivity contribution in [1.29, 1.82) is 0 Å². The van der Waals surface area contributed by atoms with Gasteiger partial charge in [-0.2, -0.15) is 32.8 Å². The first-order valence-corrected chi connectivity index (χ1v) is 10.4. The van der Waals surface area contributed by atoms with Crippen molar-refractivity contribution in [2.45, 2.75) is 32.0 Å². The topological polar surface area (TPSA) is 67.6 Å². The Morgan fingerprint density at radius 3 is 2.42 bits per heavy atom. The highest BCUT2D eigenvalue weighted by atomic mass is 35.5. The number of benzene rings is 1. The molecule has 3 aromatic rings. The number of rotatable bonds is 9. The van der Waals surface area contributed by atoms with Gasteiger partial charge in [0.25, 0.3) is 5.78 Å². The molecule has 7 nitrogen and oxygen atoms in total. The van der Waals surface area contributed by atoms with E-state index in [4.69, 9.17) is 16.3 Å². The van der Waals surface area contributed by atoms with E-state index in [0.29, 0.717) is 6.42 Å². The average molecular weight is 493 g/mol. The summed E-state index contributed by atoms with van der Waals surface area (Å²) in [5.74, 6) is -2.75. The van der Waals surface area contributed by atoms with Crippen molar-refractivity contribution < 1.29 is 26.7 Å². The van der Waals surface area contributed by atoms with Gasteiger partial charge in [-0.3, -0.25) is 0 Å². The number of fused-ring (bicyclic) bond motifs is 1. The van der Waals surface area contributed by atoms with Crippen LogP contribution in [0.5, 0.6) is 5.75 Å². The number of nitrogens with zero attached hydrogens (tertiary/aromatic N) is 5. The van der Waals surface area contributed by atoms with Crippen molar-refractivity contribution >= 4 is 23.2 Å². The van der Waals surface area contributed by atoms with Gasteiger partial charge in [-0.25, -0.2) is 8.78 Å². The van der Waals surface area contributed by atoms with Gasteiger partial charge in [0, 0.05) is 12.1 Å². The van der Waals surface area contributed by atoms with Crippen molar-refractivity contribution in [3.8, 4) is 16.9 Å². The first-order valence-electron chi connectivity index (χ1n) is 9.98. The third kappa shape index (κ3) is 5.80. The molecule has 0 bridgehead atoms. The average Bonchev–Trinajstić information content (AvgIpc) is 3.16. The van der Waals surface area contributed by atoms with E-state index < -0.39 is 46.0 Å². The van der Waals surface area contributed by atoms with E-state index >= 15 is 8.78 Å². The molecule has 2 heterocycles. The number of nitrogens with one attached hydrogen (secondary N) is 1. The van der Waals surface area contributed by atoms with E-state index in [-0.39, 0.29) is 18.1 Å². The van der Waals surface area contributed by atoms with Crippen LogP contribution in [0.4, 0.5) is 27.8 Å². The second-order valence-corrected chi connectivity index (χ2v) is 7.98. The summed E-state index contributed by atoms with van der Waals surface area (Å²) in [6.45, 7) is 1.93. The van der Waals surface area contributed by atoms with Gasteiger partial charge >= 0.3 is 6.18 Å². The summed E-state index contributed by atoms with van der Waals surface area (Å²) in [6.07, 6.45) is -2.11. The molecule has 0 fully saturated rings. The fourth-order valence-electron chi connectivity index (χ4n) is 3.05. The molecule has 0 amide bonds. The minimum atomic E-state index is -4.65. The number of ether oxygens (including phenoxy) is 1. The first-order chi connectivity index (χ1) is 15.5. The van der Waals surface area contributed by atoms with Crippen molar-refractivity contribution in [2.24, 2.45) is 0 Å². The maximum absolute atomic E-state index is 15.0. The lowest BCUT2D eigenvalue weighted by Crippen LogP contribution is -2.34. The quantitative estimate of drug-likeness (QED) is 0.263. The van der Waals surface area contributed by atoms with Gasteiger partial charge < -0.3 is 15.0 Å². The molecule has 0 saturated heterocycles. The van der Waals surface area contributed by atoms with Crippen molar-refractivity contribution in [3.63, 3.8) is 0 Å². The molecule has 1 aromatic carbocycles. The van der Waals surface area contributed by atoms with Crippen LogP contribution < -0.4 is 10.1 Å². The van der Waals surface area contributed by atoms with Crippen LogP contribution in [0.2, 0.25) is 5.15 Å². The molecule has 180 valence electrons. The van der Waals surface area contributed by atoms with E-state index in [2.05, 4.69) is 20.4 Å². The Labute approximate surface area is 191 Å². The number of hydrogen-bond donors (Lipinski definition) is 1. The molecule has 0 aliphatic rings. The molecule has 2 aromatic heterocycles. The molecule has 0 aliphatic heterocycles. The van der Waals surface area contributed by atoms with E-state index in [1.54, 1.807) is 0 Å². The number of anilines is 1. The zero-order valence-corrected chi connectivity index (χ0v) is 18.8. The summed E-state index contributed by atoms with van der Waals surface area (Å²) < 4.78 is 76.0. The van der Waals surface area contributed by atoms with Crippen LogP contribution in [0, 0.1) is 11.6 Å². The van der Waals surface area contributed by atoms with E-state index in [9.17, 15) is 13.2 Å². The SMILES string of the molecule is C[C@H](Nc1c(-c2c(F)cc(OCCCCN(C)C)cc2F)c(Cl)nc2ncnn12)C(F)(F)F. The Morgan fingerprint density at radius 1 is 1.15 bits per heavy atom. The number of unbranched alkanes of at least 4 members (excludes halogenated alkanes) is 1. The van der Waals surface area contributed by atoms with Crippen LogP contribution in [0.25, 0.3) is 16.9 Å². The molecule has 1 N–H and O–H groups in total. The Bertz CT molecular complexity index is 1100. The highest BCUT2D eigenvalue weighted by Gasteiger charge is 2.37. The fourth-order valence-corrected chi connectivity index (χ4v) is 3.31. The normalized spacial score (nSPS) is 13.0. The molecule has 33 heavy (non-hydrogen) atoms. The van der Waals surface area contributed by atoms with Crippen LogP contribution in [-0.2, 0) is 0 Å². The van der Waals surface area contributed by atoms with Crippen molar-refractivity contribution in [1.82, 2.24) is 24.5 Å². The maximum Gasteiger partial charge on any atom is 0.408 e. The molecule has 1 atom stereocenters. The Morgan fingerprint density at radius 2 is 1.82 bits per heavy atom. The zero-order valence-electron chi connectivity index (χ0n) is 18.0. The predicted octanol–water partition coefficient (Wildman–Crippen LogP) is 4.81. The van der Waals surface area contributed by atoms with Gasteiger partial charge in [0.15, 0.2) is 0 Å². The van der Waals surface area contributed by atoms with Crippen molar-refractivity contribution in [2.75, 3.05) is 32.6 Å². The lowest BCUT2D eigenvalue weighted by atomic mass is 10.1. The molecule has 0 aliphatic carbocycles. The fraction of sp³-hybridized carbons (Fsp3) is 0.450. The number of aromatic nitrogens is 4. The summed E-state index contributed by atoms with van der Waals surface area (Å²) in [7, 11) is 3.86. The summed E-state index contributed by atoms with van der Waals surface area (Å²) in [4.78, 5) is 9.69. The minimum Gasteiger partial charge on any atom is -0.493 e. The second kappa shape index (κ2) is 10.0. The highest BCUT2D eigenvalue weighted by Crippen LogP contribution is 2.39. The van der Waals surface area contributed by atoms with E-state index in [1.807, 2.05) is 19.0 Å². The summed E-state index contributed by atoms with van der Waals surface area (Å²) in [6, 6.07) is -0.190. The summed E-state index contributed by atoms with van der Waals surface area (Å²) in [5, 5.41) is 5.56. The van der Waals surface area contributed by atoms with Gasteiger partial charge in [-0.15, -0.1) is 0 Å². The van der Waals surface area contributed by atoms with Gasteiger partial charge in [0.2, 0.25) is 0 Å². The monoisotopic (exact) mass is 492 g/mol. The molecule has 0 unspecified atom stereocenters. The van der Waals surface area contributed by atoms with Crippen LogP contribution in [0.15, 0.2) is 18.5 Å². The molecule has 0 saturated carbocycles. The van der Waals surface area contributed by atoms with Crippen LogP contribution >= 0.6 is 11.6 Å². The third-order valence-electron chi connectivity index (χ3n) is 4.76. The lowest BCUT2D eigenvalue weighted by Gasteiger charge is -2.21. The van der Waals surface area contributed by atoms with Crippen LogP contribution in [0.1, 0.15) is 19.8 Å². The van der Waals surface area contributed by atoms with Crippen LogP contribution in [0.3, 0.4) is 0 Å². The molecule has 0 radical (unpaired) electrons. The van der Waals surface area contributed by atoms with Gasteiger partial charge in [0.1, 0.15) is 40.7 Å². The summed E-state index contributed by atoms with van der Waals surface area (Å²) >= 11 is 6.14. The number of alkyl halides is 3. The smallest absolute Gasteiger partial charge is 0.408 e. The summed E-state index contributed by atoms with van der Waals surface area (Å²) in [5.41, 5.74) is -1.08. The van der Waals surface area contributed by atoms with Crippen LogP contribution in [-0.4, -0.2) is 63.9 Å². The van der Waals surface area contributed by atoms with Crippen molar-refractivity contribution in [3.05, 3.63) is 35.2 Å². The van der Waals surface area contributed by atoms with Gasteiger partial charge in [-0.05, 0) is 40.4 Å². The second-order valence-electron chi connectivity index (χ2n) is 7.63. The molecule has 3 rings (SSSR count). The molecule has 0 spiro atoms. The largest absolute Gasteiger partial charge is 0.493 e. The lowest BCUT2D eigenvalue weighted by molar-refractivity contribution is -0.138. The Kier molecular flexibility index (Phi) is 7.58. The number of hydrogen-bond acceptors (Lipinski definition) is 6. The van der Waals surface area contributed by atoms with Gasteiger partial charge in [0.05, 0.1) is 17.7 Å². The minimum absolute atomic E-state index is 0.0531. The predicted molar refractivity (Wildman–Crippen MR) is 114 cm³/mol. The third-order valence-corrected chi connectivity index (χ3v) is 5.03. The Hall–Kier alpha value is -2.73. The standard InChI is InChI=1S/C20H22ClF5N6O/c1-11(20(24,25)26)29-18-16(17(21)30-19-27-10-28-32(18)19)15-13(22)8-12(9-14(15)23)33-7-5-4-6-31(2)3/h8-11,29H,4-7H2,1-3H3/t11-/m0/s1. The highest BCUT2D eigenvalue weighted by molar-refractivity contribution is 6.33. The van der Waals surface area contributed by atoms with E-state index in [0.717, 1.165) is 42.9 Å². The Balaban J connectivity index is 1.98. The molecular formula is C20H22ClF5N6O.